The van der Waals surface area contributed by atoms with E-state index in [4.69, 9.17) is 9.47 Å². The van der Waals surface area contributed by atoms with E-state index in [1.54, 1.807) is 18.2 Å². The predicted octanol–water partition coefficient (Wildman–Crippen LogP) is 4.90. The third kappa shape index (κ3) is 3.57. The molecule has 2 heterocycles. The Bertz CT molecular complexity index is 1200. The molecule has 6 nitrogen and oxygen atoms in total. The lowest BCUT2D eigenvalue weighted by Crippen LogP contribution is -2.18. The molecule has 0 amide bonds. The standard InChI is InChI=1S/C23H19FN4O2/c24-18-4-2-1-3-15(18)13-30-17-7-5-16(6-8-17)28-23-21-19(26-14-27-23)9-10-20-22(21)29-12-11-25-20/h1-10,14,25H,11-13H2,(H,26,27,28). The number of anilines is 3. The minimum absolute atomic E-state index is 0.173. The molecule has 0 radical (unpaired) electrons. The Labute approximate surface area is 172 Å². The van der Waals surface area contributed by atoms with Crippen LogP contribution in [-0.4, -0.2) is 23.1 Å². The lowest BCUT2D eigenvalue weighted by atomic mass is 10.1. The largest absolute Gasteiger partial charge is 0.489 e. The Morgan fingerprint density at radius 1 is 1.03 bits per heavy atom. The molecule has 2 N–H and O–H groups in total. The maximum Gasteiger partial charge on any atom is 0.155 e. The van der Waals surface area contributed by atoms with Crippen LogP contribution in [0, 0.1) is 5.82 Å². The lowest BCUT2D eigenvalue weighted by Gasteiger charge is -2.21. The van der Waals surface area contributed by atoms with Crippen molar-refractivity contribution in [1.29, 1.82) is 0 Å². The fraction of sp³-hybridized carbons (Fsp3) is 0.130. The van der Waals surface area contributed by atoms with E-state index in [2.05, 4.69) is 20.6 Å². The summed E-state index contributed by atoms with van der Waals surface area (Å²) in [5.41, 5.74) is 3.10. The Morgan fingerprint density at radius 2 is 1.90 bits per heavy atom. The molecular formula is C23H19FN4O2. The van der Waals surface area contributed by atoms with Crippen molar-refractivity contribution < 1.29 is 13.9 Å². The third-order valence-electron chi connectivity index (χ3n) is 4.89. The van der Waals surface area contributed by atoms with Crippen LogP contribution in [0.2, 0.25) is 0 Å². The van der Waals surface area contributed by atoms with Crippen molar-refractivity contribution in [2.45, 2.75) is 6.61 Å². The van der Waals surface area contributed by atoms with Gasteiger partial charge in [0.15, 0.2) is 5.75 Å². The summed E-state index contributed by atoms with van der Waals surface area (Å²) >= 11 is 0. The molecule has 0 spiro atoms. The fourth-order valence-electron chi connectivity index (χ4n) is 3.39. The zero-order valence-corrected chi connectivity index (χ0v) is 16.1. The highest BCUT2D eigenvalue weighted by molar-refractivity contribution is 5.99. The van der Waals surface area contributed by atoms with E-state index in [1.807, 2.05) is 36.4 Å². The zero-order valence-electron chi connectivity index (χ0n) is 16.1. The van der Waals surface area contributed by atoms with Crippen LogP contribution in [0.1, 0.15) is 5.56 Å². The molecule has 7 heteroatoms. The van der Waals surface area contributed by atoms with Gasteiger partial charge in [-0.25, -0.2) is 14.4 Å². The summed E-state index contributed by atoms with van der Waals surface area (Å²) in [5, 5.41) is 7.50. The summed E-state index contributed by atoms with van der Waals surface area (Å²) in [6.45, 7) is 1.53. The molecule has 0 fully saturated rings. The van der Waals surface area contributed by atoms with E-state index in [0.717, 1.165) is 34.6 Å². The number of halogens is 1. The number of nitrogens with one attached hydrogen (secondary N) is 2. The van der Waals surface area contributed by atoms with Crippen LogP contribution in [0.3, 0.4) is 0 Å². The Balaban J connectivity index is 1.36. The van der Waals surface area contributed by atoms with Gasteiger partial charge in [-0.2, -0.15) is 0 Å². The summed E-state index contributed by atoms with van der Waals surface area (Å²) in [7, 11) is 0. The number of benzene rings is 3. The van der Waals surface area contributed by atoms with Crippen LogP contribution in [0.4, 0.5) is 21.6 Å². The molecule has 0 aliphatic carbocycles. The van der Waals surface area contributed by atoms with Crippen molar-refractivity contribution in [3.8, 4) is 11.5 Å². The molecule has 0 saturated heterocycles. The summed E-state index contributed by atoms with van der Waals surface area (Å²) in [6.07, 6.45) is 1.53. The first-order valence-electron chi connectivity index (χ1n) is 9.65. The normalized spacial score (nSPS) is 12.6. The van der Waals surface area contributed by atoms with Crippen molar-refractivity contribution >= 4 is 28.1 Å². The maximum absolute atomic E-state index is 13.7. The minimum Gasteiger partial charge on any atom is -0.489 e. The molecule has 30 heavy (non-hydrogen) atoms. The van der Waals surface area contributed by atoms with E-state index in [0.29, 0.717) is 23.7 Å². The topological polar surface area (TPSA) is 68.3 Å². The highest BCUT2D eigenvalue weighted by Crippen LogP contribution is 2.39. The fourth-order valence-corrected chi connectivity index (χ4v) is 3.39. The number of aromatic nitrogens is 2. The van der Waals surface area contributed by atoms with Crippen molar-refractivity contribution in [2.75, 3.05) is 23.8 Å². The van der Waals surface area contributed by atoms with Crippen molar-refractivity contribution in [3.05, 3.63) is 78.4 Å². The third-order valence-corrected chi connectivity index (χ3v) is 4.89. The van der Waals surface area contributed by atoms with Crippen LogP contribution in [0.15, 0.2) is 67.0 Å². The van der Waals surface area contributed by atoms with Crippen LogP contribution < -0.4 is 20.1 Å². The van der Waals surface area contributed by atoms with Crippen molar-refractivity contribution in [3.63, 3.8) is 0 Å². The van der Waals surface area contributed by atoms with E-state index in [1.165, 1.54) is 12.4 Å². The van der Waals surface area contributed by atoms with Gasteiger partial charge in [-0.15, -0.1) is 0 Å². The lowest BCUT2D eigenvalue weighted by molar-refractivity contribution is 0.300. The van der Waals surface area contributed by atoms with Gasteiger partial charge in [-0.3, -0.25) is 0 Å². The monoisotopic (exact) mass is 402 g/mol. The average Bonchev–Trinajstić information content (AvgIpc) is 2.79. The second-order valence-corrected chi connectivity index (χ2v) is 6.86. The van der Waals surface area contributed by atoms with Gasteiger partial charge >= 0.3 is 0 Å². The van der Waals surface area contributed by atoms with Gasteiger partial charge < -0.3 is 20.1 Å². The van der Waals surface area contributed by atoms with Gasteiger partial charge in [0.25, 0.3) is 0 Å². The molecule has 1 aromatic heterocycles. The summed E-state index contributed by atoms with van der Waals surface area (Å²) in [5.74, 6) is 1.81. The quantitative estimate of drug-likeness (QED) is 0.495. The average molecular weight is 402 g/mol. The predicted molar refractivity (Wildman–Crippen MR) is 114 cm³/mol. The van der Waals surface area contributed by atoms with Crippen LogP contribution >= 0.6 is 0 Å². The molecular weight excluding hydrogens is 383 g/mol. The second kappa shape index (κ2) is 7.87. The number of ether oxygens (including phenoxy) is 2. The highest BCUT2D eigenvalue weighted by Gasteiger charge is 2.17. The molecule has 0 unspecified atom stereocenters. The molecule has 1 aliphatic heterocycles. The molecule has 0 saturated carbocycles. The maximum atomic E-state index is 13.7. The van der Waals surface area contributed by atoms with Crippen LogP contribution in [-0.2, 0) is 6.61 Å². The van der Waals surface area contributed by atoms with Gasteiger partial charge in [0.2, 0.25) is 0 Å². The van der Waals surface area contributed by atoms with Crippen molar-refractivity contribution in [2.24, 2.45) is 0 Å². The highest BCUT2D eigenvalue weighted by atomic mass is 19.1. The van der Waals surface area contributed by atoms with E-state index in [9.17, 15) is 4.39 Å². The molecule has 1 aliphatic rings. The number of fused-ring (bicyclic) bond motifs is 3. The molecule has 3 aromatic carbocycles. The number of nitrogens with zero attached hydrogens (tertiary/aromatic N) is 2. The van der Waals surface area contributed by atoms with Crippen LogP contribution in [0.25, 0.3) is 10.9 Å². The summed E-state index contributed by atoms with van der Waals surface area (Å²) in [6, 6.07) is 17.9. The molecule has 0 atom stereocenters. The summed E-state index contributed by atoms with van der Waals surface area (Å²) in [4.78, 5) is 8.77. The SMILES string of the molecule is Fc1ccccc1COc1ccc(Nc2ncnc3ccc4c(c23)OCCN4)cc1. The Hall–Kier alpha value is -3.87. The molecule has 150 valence electrons. The first-order valence-corrected chi connectivity index (χ1v) is 9.65. The van der Waals surface area contributed by atoms with Gasteiger partial charge in [0.1, 0.15) is 36.9 Å². The van der Waals surface area contributed by atoms with Gasteiger partial charge in [0, 0.05) is 17.8 Å². The van der Waals surface area contributed by atoms with E-state index in [-0.39, 0.29) is 12.4 Å². The van der Waals surface area contributed by atoms with E-state index < -0.39 is 0 Å². The van der Waals surface area contributed by atoms with Gasteiger partial charge in [-0.05, 0) is 42.5 Å². The molecule has 5 rings (SSSR count). The minimum atomic E-state index is -0.272. The second-order valence-electron chi connectivity index (χ2n) is 6.86. The smallest absolute Gasteiger partial charge is 0.155 e. The van der Waals surface area contributed by atoms with Gasteiger partial charge in [0.05, 0.1) is 16.6 Å². The van der Waals surface area contributed by atoms with E-state index >= 15 is 0 Å². The Morgan fingerprint density at radius 3 is 2.77 bits per heavy atom. The van der Waals surface area contributed by atoms with Gasteiger partial charge in [-0.1, -0.05) is 18.2 Å². The summed E-state index contributed by atoms with van der Waals surface area (Å²) < 4.78 is 25.3. The first-order chi connectivity index (χ1) is 14.8. The number of rotatable bonds is 5. The number of hydrogen-bond donors (Lipinski definition) is 2. The Kier molecular flexibility index (Phi) is 4.77. The zero-order chi connectivity index (χ0) is 20.3. The first kappa shape index (κ1) is 18.2. The van der Waals surface area contributed by atoms with Crippen molar-refractivity contribution in [1.82, 2.24) is 9.97 Å². The molecule has 0 bridgehead atoms. The number of hydrogen-bond acceptors (Lipinski definition) is 6. The van der Waals surface area contributed by atoms with Crippen LogP contribution in [0.5, 0.6) is 11.5 Å². The molecule has 4 aromatic rings.